The van der Waals surface area contributed by atoms with Gasteiger partial charge in [-0.05, 0) is 11.6 Å². The minimum Gasteiger partial charge on any atom is -0.481 e. The van der Waals surface area contributed by atoms with Crippen molar-refractivity contribution in [3.8, 4) is 5.75 Å². The molecule has 0 saturated heterocycles. The van der Waals surface area contributed by atoms with Crippen LogP contribution in [-0.2, 0) is 16.0 Å². The number of aliphatic carboxylic acids is 1. The number of ether oxygens (including phenoxy) is 1. The Morgan fingerprint density at radius 2 is 1.67 bits per heavy atom. The van der Waals surface area contributed by atoms with E-state index in [-0.39, 0.29) is 5.78 Å². The summed E-state index contributed by atoms with van der Waals surface area (Å²) in [6.45, 7) is 1.08. The Morgan fingerprint density at radius 1 is 1.10 bits per heavy atom. The van der Waals surface area contributed by atoms with Gasteiger partial charge in [-0.3, -0.25) is 9.59 Å². The molecule has 1 atom stereocenters. The molecule has 0 spiro atoms. The van der Waals surface area contributed by atoms with Crippen LogP contribution in [0.3, 0.4) is 0 Å². The molecule has 0 radical (unpaired) electrons. The van der Waals surface area contributed by atoms with Crippen molar-refractivity contribution in [2.45, 2.75) is 19.4 Å². The van der Waals surface area contributed by atoms with Crippen LogP contribution in [-0.4, -0.2) is 16.9 Å². The van der Waals surface area contributed by atoms with Gasteiger partial charge < -0.3 is 9.84 Å². The quantitative estimate of drug-likeness (QED) is 0.874. The largest absolute Gasteiger partial charge is 0.481 e. The molecule has 1 N–H and O–H groups in total. The van der Waals surface area contributed by atoms with Crippen molar-refractivity contribution in [2.24, 2.45) is 0 Å². The number of carboxylic acids is 1. The van der Waals surface area contributed by atoms with Crippen molar-refractivity contribution in [1.82, 2.24) is 0 Å². The number of fused-ring (bicyclic) bond motifs is 1. The summed E-state index contributed by atoms with van der Waals surface area (Å²) in [5.74, 6) is 0.107. The van der Waals surface area contributed by atoms with Gasteiger partial charge in [0.15, 0.2) is 11.9 Å². The first-order valence-corrected chi connectivity index (χ1v) is 6.59. The smallest absolute Gasteiger partial charge is 0.300 e. The minimum absolute atomic E-state index is 0.120. The van der Waals surface area contributed by atoms with Crippen LogP contribution >= 0.6 is 0 Å². The summed E-state index contributed by atoms with van der Waals surface area (Å²) < 4.78 is 5.78. The molecule has 1 heterocycles. The van der Waals surface area contributed by atoms with Crippen LogP contribution in [0.1, 0.15) is 24.2 Å². The molecular formula is C17H16O4. The van der Waals surface area contributed by atoms with Crippen LogP contribution in [0.4, 0.5) is 0 Å². The van der Waals surface area contributed by atoms with Gasteiger partial charge in [-0.25, -0.2) is 0 Å². The lowest BCUT2D eigenvalue weighted by Crippen LogP contribution is -2.25. The third-order valence-electron chi connectivity index (χ3n) is 2.98. The number of rotatable bonds is 1. The van der Waals surface area contributed by atoms with E-state index in [9.17, 15) is 4.79 Å². The van der Waals surface area contributed by atoms with Gasteiger partial charge in [0.1, 0.15) is 5.75 Å². The third kappa shape index (κ3) is 3.92. The number of hydrogen-bond acceptors (Lipinski definition) is 3. The molecule has 0 bridgehead atoms. The van der Waals surface area contributed by atoms with Crippen molar-refractivity contribution in [3.63, 3.8) is 0 Å². The van der Waals surface area contributed by atoms with Crippen molar-refractivity contribution in [2.75, 3.05) is 0 Å². The lowest BCUT2D eigenvalue weighted by molar-refractivity contribution is -0.134. The van der Waals surface area contributed by atoms with Gasteiger partial charge in [0, 0.05) is 18.9 Å². The molecule has 2 aromatic rings. The fraction of sp³-hybridized carbons (Fsp3) is 0.176. The molecule has 1 aliphatic heterocycles. The first-order valence-electron chi connectivity index (χ1n) is 6.59. The van der Waals surface area contributed by atoms with Crippen LogP contribution in [0.2, 0.25) is 0 Å². The van der Waals surface area contributed by atoms with E-state index in [0.717, 1.165) is 23.8 Å². The topological polar surface area (TPSA) is 63.6 Å². The second-order valence-corrected chi connectivity index (χ2v) is 4.68. The molecule has 2 aromatic carbocycles. The highest BCUT2D eigenvalue weighted by Crippen LogP contribution is 2.32. The first kappa shape index (κ1) is 14.8. The molecule has 21 heavy (non-hydrogen) atoms. The normalized spacial score (nSPS) is 16.0. The Bertz CT molecular complexity index is 630. The molecule has 0 saturated carbocycles. The van der Waals surface area contributed by atoms with Crippen molar-refractivity contribution < 1.29 is 19.4 Å². The highest BCUT2D eigenvalue weighted by atomic mass is 16.5. The third-order valence-corrected chi connectivity index (χ3v) is 2.98. The zero-order chi connectivity index (χ0) is 15.2. The number of hydrogen-bond donors (Lipinski definition) is 1. The zero-order valence-electron chi connectivity index (χ0n) is 11.7. The van der Waals surface area contributed by atoms with Gasteiger partial charge in [-0.15, -0.1) is 0 Å². The van der Waals surface area contributed by atoms with Crippen LogP contribution in [0.25, 0.3) is 0 Å². The first-order chi connectivity index (χ1) is 10.1. The summed E-state index contributed by atoms with van der Waals surface area (Å²) in [4.78, 5) is 21.0. The second kappa shape index (κ2) is 6.70. The summed E-state index contributed by atoms with van der Waals surface area (Å²) in [6.07, 6.45) is 0.00142. The molecule has 0 amide bonds. The average molecular weight is 284 g/mol. The van der Waals surface area contributed by atoms with Gasteiger partial charge in [0.2, 0.25) is 0 Å². The molecule has 1 aliphatic rings. The molecule has 0 aliphatic carbocycles. The Hall–Kier alpha value is -2.62. The Balaban J connectivity index is 0.000000361. The number of carbonyl (C=O) groups is 2. The maximum absolute atomic E-state index is 12.0. The molecule has 3 rings (SSSR count). The number of Topliss-reactive ketones (excluding diaryl/α,β-unsaturated/α-hetero) is 1. The van der Waals surface area contributed by atoms with E-state index in [1.54, 1.807) is 0 Å². The van der Waals surface area contributed by atoms with Crippen molar-refractivity contribution in [1.29, 1.82) is 0 Å². The zero-order valence-corrected chi connectivity index (χ0v) is 11.7. The summed E-state index contributed by atoms with van der Waals surface area (Å²) in [6, 6.07) is 17.3. The molecule has 4 nitrogen and oxygen atoms in total. The Kier molecular flexibility index (Phi) is 4.72. The molecule has 108 valence electrons. The van der Waals surface area contributed by atoms with E-state index in [1.165, 1.54) is 0 Å². The van der Waals surface area contributed by atoms with Crippen LogP contribution < -0.4 is 4.74 Å². The number of para-hydroxylation sites is 1. The minimum atomic E-state index is -0.833. The van der Waals surface area contributed by atoms with E-state index in [4.69, 9.17) is 14.6 Å². The van der Waals surface area contributed by atoms with Crippen LogP contribution in [0.15, 0.2) is 54.6 Å². The highest BCUT2D eigenvalue weighted by Gasteiger charge is 2.28. The fourth-order valence-electron chi connectivity index (χ4n) is 2.12. The molecular weight excluding hydrogens is 268 g/mol. The van der Waals surface area contributed by atoms with Crippen LogP contribution in [0.5, 0.6) is 5.75 Å². The summed E-state index contributed by atoms with van der Waals surface area (Å²) >= 11 is 0. The van der Waals surface area contributed by atoms with E-state index in [2.05, 4.69) is 0 Å². The number of carbonyl (C=O) groups excluding carboxylic acids is 1. The monoisotopic (exact) mass is 284 g/mol. The van der Waals surface area contributed by atoms with Crippen LogP contribution in [0, 0.1) is 0 Å². The molecule has 4 heteroatoms. The Labute approximate surface area is 123 Å². The van der Waals surface area contributed by atoms with E-state index < -0.39 is 12.1 Å². The summed E-state index contributed by atoms with van der Waals surface area (Å²) in [5, 5.41) is 7.42. The van der Waals surface area contributed by atoms with Gasteiger partial charge >= 0.3 is 0 Å². The number of carboxylic acid groups (broad SMARTS) is 1. The number of ketones is 1. The standard InChI is InChI=1S/C15H12O2.C2H4O2/c16-13-10-12-8-4-5-9-14(12)17-15(13)11-6-2-1-3-7-11;1-2(3)4/h1-9,15H,10H2;1H3,(H,3,4). The molecule has 0 fully saturated rings. The SMILES string of the molecule is CC(=O)O.O=C1Cc2ccccc2OC1c1ccccc1. The van der Waals surface area contributed by atoms with Gasteiger partial charge in [-0.1, -0.05) is 48.5 Å². The molecule has 0 aromatic heterocycles. The summed E-state index contributed by atoms with van der Waals surface area (Å²) in [5.41, 5.74) is 1.90. The van der Waals surface area contributed by atoms with Gasteiger partial charge in [-0.2, -0.15) is 0 Å². The second-order valence-electron chi connectivity index (χ2n) is 4.68. The van der Waals surface area contributed by atoms with E-state index in [0.29, 0.717) is 6.42 Å². The summed E-state index contributed by atoms with van der Waals surface area (Å²) in [7, 11) is 0. The average Bonchev–Trinajstić information content (AvgIpc) is 2.47. The predicted molar refractivity (Wildman–Crippen MR) is 78.3 cm³/mol. The molecule has 1 unspecified atom stereocenters. The highest BCUT2D eigenvalue weighted by molar-refractivity contribution is 5.88. The van der Waals surface area contributed by atoms with Crippen molar-refractivity contribution in [3.05, 3.63) is 65.7 Å². The maximum Gasteiger partial charge on any atom is 0.300 e. The predicted octanol–water partition coefficient (Wildman–Crippen LogP) is 3.02. The van der Waals surface area contributed by atoms with Gasteiger partial charge in [0.25, 0.3) is 5.97 Å². The fourth-order valence-corrected chi connectivity index (χ4v) is 2.12. The lowest BCUT2D eigenvalue weighted by Gasteiger charge is -2.25. The number of benzene rings is 2. The lowest BCUT2D eigenvalue weighted by atomic mass is 9.96. The maximum atomic E-state index is 12.0. The Morgan fingerprint density at radius 3 is 2.33 bits per heavy atom. The van der Waals surface area contributed by atoms with E-state index >= 15 is 0 Å². The van der Waals surface area contributed by atoms with E-state index in [1.807, 2.05) is 54.6 Å². The van der Waals surface area contributed by atoms with Gasteiger partial charge in [0.05, 0.1) is 0 Å². The van der Waals surface area contributed by atoms with Crippen molar-refractivity contribution >= 4 is 11.8 Å².